The molecule has 0 saturated heterocycles. The third kappa shape index (κ3) is 2.63. The number of hydrogen-bond donors (Lipinski definition) is 1. The highest BCUT2D eigenvalue weighted by molar-refractivity contribution is 5.92. The molecule has 0 bridgehead atoms. The fourth-order valence-electron chi connectivity index (χ4n) is 2.88. The van der Waals surface area contributed by atoms with Gasteiger partial charge in [-0.05, 0) is 42.5 Å². The van der Waals surface area contributed by atoms with E-state index in [4.69, 9.17) is 4.74 Å². The number of fused-ring (bicyclic) bond motifs is 1. The van der Waals surface area contributed by atoms with E-state index < -0.39 is 0 Å². The largest absolute Gasteiger partial charge is 0.497 e. The summed E-state index contributed by atoms with van der Waals surface area (Å²) in [4.78, 5) is 16.3. The molecule has 1 heterocycles. The molecule has 0 aliphatic heterocycles. The van der Waals surface area contributed by atoms with E-state index >= 15 is 0 Å². The Balaban J connectivity index is 1.82. The number of amides is 1. The lowest BCUT2D eigenvalue weighted by Crippen LogP contribution is -2.32. The van der Waals surface area contributed by atoms with Gasteiger partial charge in [-0.15, -0.1) is 0 Å². The average Bonchev–Trinajstić information content (AvgIpc) is 2.93. The second kappa shape index (κ2) is 5.60. The van der Waals surface area contributed by atoms with Crippen LogP contribution in [0.2, 0.25) is 0 Å². The summed E-state index contributed by atoms with van der Waals surface area (Å²) in [5.74, 6) is 0.788. The van der Waals surface area contributed by atoms with Crippen LogP contribution in [0.4, 0.5) is 0 Å². The van der Waals surface area contributed by atoms with Gasteiger partial charge < -0.3 is 14.6 Å². The molecule has 0 saturated carbocycles. The lowest BCUT2D eigenvalue weighted by Gasteiger charge is -2.26. The van der Waals surface area contributed by atoms with E-state index in [1.807, 2.05) is 13.1 Å². The van der Waals surface area contributed by atoms with E-state index in [-0.39, 0.29) is 11.9 Å². The van der Waals surface area contributed by atoms with Gasteiger partial charge in [-0.2, -0.15) is 0 Å². The van der Waals surface area contributed by atoms with Gasteiger partial charge in [0, 0.05) is 7.05 Å². The van der Waals surface area contributed by atoms with Gasteiger partial charge >= 0.3 is 0 Å². The molecule has 110 valence electrons. The van der Waals surface area contributed by atoms with Gasteiger partial charge in [0.15, 0.2) is 0 Å². The average molecular weight is 285 g/mol. The molecule has 0 radical (unpaired) electrons. The van der Waals surface area contributed by atoms with Crippen molar-refractivity contribution in [2.24, 2.45) is 7.05 Å². The number of ether oxygens (including phenoxy) is 1. The third-order valence-corrected chi connectivity index (χ3v) is 4.02. The number of aromatic nitrogens is 2. The summed E-state index contributed by atoms with van der Waals surface area (Å²) < 4.78 is 7.00. The van der Waals surface area contributed by atoms with Gasteiger partial charge in [-0.1, -0.05) is 6.07 Å². The quantitative estimate of drug-likeness (QED) is 0.941. The molecular weight excluding hydrogens is 266 g/mol. The first-order valence-corrected chi connectivity index (χ1v) is 7.13. The number of imidazole rings is 1. The minimum Gasteiger partial charge on any atom is -0.497 e. The van der Waals surface area contributed by atoms with Crippen LogP contribution in [0.25, 0.3) is 0 Å². The SMILES string of the molecule is COc1ccc2c(c1)CCC[C@H]2NC(=O)c1cncn1C. The lowest BCUT2D eigenvalue weighted by atomic mass is 9.87. The Morgan fingerprint density at radius 3 is 3.05 bits per heavy atom. The second-order valence-corrected chi connectivity index (χ2v) is 5.37. The molecule has 1 N–H and O–H groups in total. The first-order valence-electron chi connectivity index (χ1n) is 7.13. The number of benzene rings is 1. The fraction of sp³-hybridized carbons (Fsp3) is 0.375. The van der Waals surface area contributed by atoms with Crippen LogP contribution < -0.4 is 10.1 Å². The number of rotatable bonds is 3. The molecule has 0 unspecified atom stereocenters. The maximum Gasteiger partial charge on any atom is 0.270 e. The van der Waals surface area contributed by atoms with Crippen LogP contribution in [0.15, 0.2) is 30.7 Å². The van der Waals surface area contributed by atoms with Gasteiger partial charge in [-0.3, -0.25) is 4.79 Å². The van der Waals surface area contributed by atoms with Crippen molar-refractivity contribution in [2.45, 2.75) is 25.3 Å². The third-order valence-electron chi connectivity index (χ3n) is 4.02. The van der Waals surface area contributed by atoms with Gasteiger partial charge in [0.05, 0.1) is 25.7 Å². The van der Waals surface area contributed by atoms with E-state index in [0.29, 0.717) is 5.69 Å². The zero-order valence-electron chi connectivity index (χ0n) is 12.3. The summed E-state index contributed by atoms with van der Waals surface area (Å²) in [6.07, 6.45) is 6.28. The van der Waals surface area contributed by atoms with Crippen LogP contribution in [0.1, 0.15) is 40.5 Å². The van der Waals surface area contributed by atoms with Crippen molar-refractivity contribution in [1.29, 1.82) is 0 Å². The normalized spacial score (nSPS) is 17.1. The molecular formula is C16H19N3O2. The summed E-state index contributed by atoms with van der Waals surface area (Å²) in [6.45, 7) is 0. The number of carbonyl (C=O) groups is 1. The van der Waals surface area contributed by atoms with Crippen LogP contribution in [-0.2, 0) is 13.5 Å². The Hall–Kier alpha value is -2.30. The summed E-state index contributed by atoms with van der Waals surface area (Å²) >= 11 is 0. The molecule has 1 aromatic carbocycles. The molecule has 2 aromatic rings. The fourth-order valence-corrected chi connectivity index (χ4v) is 2.88. The van der Waals surface area contributed by atoms with Crippen molar-refractivity contribution in [3.63, 3.8) is 0 Å². The highest BCUT2D eigenvalue weighted by atomic mass is 16.5. The maximum absolute atomic E-state index is 12.3. The molecule has 1 aromatic heterocycles. The van der Waals surface area contributed by atoms with Crippen molar-refractivity contribution in [3.05, 3.63) is 47.5 Å². The highest BCUT2D eigenvalue weighted by Gasteiger charge is 2.23. The molecule has 1 aliphatic carbocycles. The predicted octanol–water partition coefficient (Wildman–Crippen LogP) is 2.24. The number of aryl methyl sites for hydroxylation is 2. The van der Waals surface area contributed by atoms with Crippen LogP contribution in [0.3, 0.4) is 0 Å². The van der Waals surface area contributed by atoms with Crippen molar-refractivity contribution in [2.75, 3.05) is 7.11 Å². The van der Waals surface area contributed by atoms with E-state index in [2.05, 4.69) is 22.4 Å². The van der Waals surface area contributed by atoms with Crippen molar-refractivity contribution in [3.8, 4) is 5.75 Å². The Labute approximate surface area is 124 Å². The molecule has 3 rings (SSSR count). The number of carbonyl (C=O) groups excluding carboxylic acids is 1. The van der Waals surface area contributed by atoms with Crippen molar-refractivity contribution < 1.29 is 9.53 Å². The Bertz CT molecular complexity index is 663. The van der Waals surface area contributed by atoms with Crippen LogP contribution in [-0.4, -0.2) is 22.6 Å². The maximum atomic E-state index is 12.3. The second-order valence-electron chi connectivity index (χ2n) is 5.37. The number of methoxy groups -OCH3 is 1. The van der Waals surface area contributed by atoms with E-state index in [9.17, 15) is 4.79 Å². The number of hydrogen-bond acceptors (Lipinski definition) is 3. The predicted molar refractivity (Wildman–Crippen MR) is 79.3 cm³/mol. The zero-order chi connectivity index (χ0) is 14.8. The summed E-state index contributed by atoms with van der Waals surface area (Å²) in [7, 11) is 3.49. The first-order chi connectivity index (χ1) is 10.2. The van der Waals surface area contributed by atoms with E-state index in [1.165, 1.54) is 11.1 Å². The molecule has 5 nitrogen and oxygen atoms in total. The summed E-state index contributed by atoms with van der Waals surface area (Å²) in [5.41, 5.74) is 3.03. The molecule has 1 aliphatic rings. The zero-order valence-corrected chi connectivity index (χ0v) is 12.3. The topological polar surface area (TPSA) is 56.1 Å². The van der Waals surface area contributed by atoms with Crippen molar-refractivity contribution in [1.82, 2.24) is 14.9 Å². The molecule has 5 heteroatoms. The van der Waals surface area contributed by atoms with E-state index in [1.54, 1.807) is 24.2 Å². The Morgan fingerprint density at radius 2 is 2.33 bits per heavy atom. The monoisotopic (exact) mass is 285 g/mol. The van der Waals surface area contributed by atoms with Gasteiger partial charge in [0.2, 0.25) is 0 Å². The van der Waals surface area contributed by atoms with Crippen LogP contribution in [0, 0.1) is 0 Å². The number of nitrogens with one attached hydrogen (secondary N) is 1. The lowest BCUT2D eigenvalue weighted by molar-refractivity contribution is 0.0924. The Kier molecular flexibility index (Phi) is 3.64. The van der Waals surface area contributed by atoms with Gasteiger partial charge in [-0.25, -0.2) is 4.98 Å². The van der Waals surface area contributed by atoms with Crippen LogP contribution >= 0.6 is 0 Å². The molecule has 21 heavy (non-hydrogen) atoms. The minimum atomic E-state index is -0.0799. The molecule has 1 amide bonds. The van der Waals surface area contributed by atoms with Crippen molar-refractivity contribution >= 4 is 5.91 Å². The minimum absolute atomic E-state index is 0.0575. The Morgan fingerprint density at radius 1 is 1.48 bits per heavy atom. The van der Waals surface area contributed by atoms with Crippen LogP contribution in [0.5, 0.6) is 5.75 Å². The summed E-state index contributed by atoms with van der Waals surface area (Å²) in [5, 5.41) is 3.12. The standard InChI is InChI=1S/C16H19N3O2/c1-19-10-17-9-15(19)16(20)18-14-5-3-4-11-8-12(21-2)6-7-13(11)14/h6-10,14H,3-5H2,1-2H3,(H,18,20)/t14-/m1/s1. The highest BCUT2D eigenvalue weighted by Crippen LogP contribution is 2.32. The van der Waals surface area contributed by atoms with E-state index in [0.717, 1.165) is 25.0 Å². The van der Waals surface area contributed by atoms with Gasteiger partial charge in [0.25, 0.3) is 5.91 Å². The van der Waals surface area contributed by atoms with Gasteiger partial charge in [0.1, 0.15) is 11.4 Å². The molecule has 0 fully saturated rings. The summed E-state index contributed by atoms with van der Waals surface area (Å²) in [6, 6.07) is 6.13. The molecule has 1 atom stereocenters. The smallest absolute Gasteiger partial charge is 0.270 e. The number of nitrogens with zero attached hydrogens (tertiary/aromatic N) is 2. The first kappa shape index (κ1) is 13.7. The molecule has 0 spiro atoms.